The average Bonchev–Trinajstić information content (AvgIpc) is 2.86. The quantitative estimate of drug-likeness (QED) is 0.860. The summed E-state index contributed by atoms with van der Waals surface area (Å²) in [6.45, 7) is 5.39. The molecule has 2 aromatic rings. The molecule has 1 aromatic heterocycles. The summed E-state index contributed by atoms with van der Waals surface area (Å²) in [5.74, 6) is 0.711. The fourth-order valence-corrected chi connectivity index (χ4v) is 3.89. The van der Waals surface area contributed by atoms with Crippen molar-refractivity contribution in [2.24, 2.45) is 0 Å². The highest BCUT2D eigenvalue weighted by molar-refractivity contribution is 7.11. The topological polar surface area (TPSA) is 24.9 Å². The standard InChI is InChI=1S/C17H22N2S/c1-3-8-18-16(17-11-19-12(2)20-17)10-14-9-13-6-4-5-7-15(13)14/h4-7,11,14,16,18H,3,8-10H2,1-2H3. The number of hydrogen-bond donors (Lipinski definition) is 1. The lowest BCUT2D eigenvalue weighted by Gasteiger charge is -2.33. The molecule has 1 aliphatic rings. The van der Waals surface area contributed by atoms with E-state index < -0.39 is 0 Å². The van der Waals surface area contributed by atoms with Gasteiger partial charge in [0.25, 0.3) is 0 Å². The van der Waals surface area contributed by atoms with E-state index in [4.69, 9.17) is 0 Å². The maximum absolute atomic E-state index is 4.42. The molecule has 106 valence electrons. The number of nitrogens with zero attached hydrogens (tertiary/aromatic N) is 1. The highest BCUT2D eigenvalue weighted by Gasteiger charge is 2.29. The van der Waals surface area contributed by atoms with Crippen LogP contribution in [-0.2, 0) is 6.42 Å². The van der Waals surface area contributed by atoms with Gasteiger partial charge in [-0.15, -0.1) is 11.3 Å². The Morgan fingerprint density at radius 3 is 2.95 bits per heavy atom. The third-order valence-electron chi connectivity index (χ3n) is 4.10. The van der Waals surface area contributed by atoms with Crippen molar-refractivity contribution < 1.29 is 0 Å². The van der Waals surface area contributed by atoms with Gasteiger partial charge in [-0.25, -0.2) is 4.98 Å². The number of aromatic nitrogens is 1. The van der Waals surface area contributed by atoms with Gasteiger partial charge >= 0.3 is 0 Å². The van der Waals surface area contributed by atoms with Crippen LogP contribution >= 0.6 is 11.3 Å². The Labute approximate surface area is 125 Å². The average molecular weight is 286 g/mol. The lowest BCUT2D eigenvalue weighted by Crippen LogP contribution is -2.27. The molecule has 20 heavy (non-hydrogen) atoms. The summed E-state index contributed by atoms with van der Waals surface area (Å²) in [4.78, 5) is 5.81. The zero-order valence-electron chi connectivity index (χ0n) is 12.2. The molecule has 0 spiro atoms. The number of aryl methyl sites for hydroxylation is 1. The van der Waals surface area contributed by atoms with Gasteiger partial charge in [0.2, 0.25) is 0 Å². The first-order valence-electron chi connectivity index (χ1n) is 7.51. The van der Waals surface area contributed by atoms with Crippen LogP contribution < -0.4 is 5.32 Å². The molecule has 2 atom stereocenters. The maximum atomic E-state index is 4.42. The fraction of sp³-hybridized carbons (Fsp3) is 0.471. The molecule has 0 saturated carbocycles. The molecule has 0 saturated heterocycles. The van der Waals surface area contributed by atoms with Gasteiger partial charge in [-0.2, -0.15) is 0 Å². The van der Waals surface area contributed by atoms with Crippen molar-refractivity contribution in [3.63, 3.8) is 0 Å². The lowest BCUT2D eigenvalue weighted by molar-refractivity contribution is 0.432. The van der Waals surface area contributed by atoms with Gasteiger partial charge in [0.05, 0.1) is 5.01 Å². The van der Waals surface area contributed by atoms with E-state index in [0.717, 1.165) is 11.6 Å². The van der Waals surface area contributed by atoms with E-state index in [9.17, 15) is 0 Å². The zero-order valence-corrected chi connectivity index (χ0v) is 13.0. The third-order valence-corrected chi connectivity index (χ3v) is 5.13. The molecule has 1 heterocycles. The lowest BCUT2D eigenvalue weighted by atomic mass is 9.74. The van der Waals surface area contributed by atoms with Crippen molar-refractivity contribution in [2.45, 2.75) is 45.1 Å². The van der Waals surface area contributed by atoms with E-state index in [2.05, 4.69) is 54.6 Å². The van der Waals surface area contributed by atoms with Crippen molar-refractivity contribution in [1.29, 1.82) is 0 Å². The van der Waals surface area contributed by atoms with Crippen LogP contribution in [-0.4, -0.2) is 11.5 Å². The smallest absolute Gasteiger partial charge is 0.0897 e. The molecule has 0 bridgehead atoms. The molecule has 0 fully saturated rings. The Bertz CT molecular complexity index is 576. The second-order valence-electron chi connectivity index (χ2n) is 5.62. The van der Waals surface area contributed by atoms with E-state index in [1.54, 1.807) is 5.56 Å². The van der Waals surface area contributed by atoms with Crippen LogP contribution in [0, 0.1) is 6.92 Å². The minimum Gasteiger partial charge on any atom is -0.309 e. The van der Waals surface area contributed by atoms with E-state index in [1.807, 2.05) is 11.3 Å². The van der Waals surface area contributed by atoms with Gasteiger partial charge in [-0.05, 0) is 49.8 Å². The Morgan fingerprint density at radius 2 is 2.25 bits per heavy atom. The van der Waals surface area contributed by atoms with E-state index in [0.29, 0.717) is 12.0 Å². The van der Waals surface area contributed by atoms with Gasteiger partial charge in [-0.3, -0.25) is 0 Å². The molecule has 0 amide bonds. The van der Waals surface area contributed by atoms with Crippen LogP contribution in [0.4, 0.5) is 0 Å². The molecule has 1 aromatic carbocycles. The predicted octanol–water partition coefficient (Wildman–Crippen LogP) is 4.22. The van der Waals surface area contributed by atoms with Crippen molar-refractivity contribution in [2.75, 3.05) is 6.54 Å². The zero-order chi connectivity index (χ0) is 13.9. The number of hydrogen-bond acceptors (Lipinski definition) is 3. The molecule has 0 aliphatic heterocycles. The fourth-order valence-electron chi connectivity index (χ4n) is 3.02. The van der Waals surface area contributed by atoms with Gasteiger partial charge in [0.1, 0.15) is 0 Å². The highest BCUT2D eigenvalue weighted by atomic mass is 32.1. The summed E-state index contributed by atoms with van der Waals surface area (Å²) >= 11 is 1.83. The van der Waals surface area contributed by atoms with Crippen LogP contribution in [0.5, 0.6) is 0 Å². The van der Waals surface area contributed by atoms with Gasteiger partial charge in [-0.1, -0.05) is 31.2 Å². The summed E-state index contributed by atoms with van der Waals surface area (Å²) in [7, 11) is 0. The van der Waals surface area contributed by atoms with Crippen molar-refractivity contribution in [1.82, 2.24) is 10.3 Å². The Hall–Kier alpha value is -1.19. The van der Waals surface area contributed by atoms with E-state index in [1.165, 1.54) is 29.7 Å². The number of benzene rings is 1. The van der Waals surface area contributed by atoms with Crippen LogP contribution in [0.2, 0.25) is 0 Å². The molecule has 1 aliphatic carbocycles. The van der Waals surface area contributed by atoms with Crippen molar-refractivity contribution >= 4 is 11.3 Å². The SMILES string of the molecule is CCCNC(CC1Cc2ccccc21)c1cnc(C)s1. The van der Waals surface area contributed by atoms with Crippen molar-refractivity contribution in [3.8, 4) is 0 Å². The number of fused-ring (bicyclic) bond motifs is 1. The first-order chi connectivity index (χ1) is 9.78. The summed E-state index contributed by atoms with van der Waals surface area (Å²) in [6.07, 6.45) is 5.66. The maximum Gasteiger partial charge on any atom is 0.0897 e. The van der Waals surface area contributed by atoms with Crippen LogP contribution in [0.1, 0.15) is 52.7 Å². The predicted molar refractivity (Wildman–Crippen MR) is 85.4 cm³/mol. The van der Waals surface area contributed by atoms with Crippen molar-refractivity contribution in [3.05, 3.63) is 51.5 Å². The van der Waals surface area contributed by atoms with E-state index in [-0.39, 0.29) is 0 Å². The summed E-state index contributed by atoms with van der Waals surface area (Å²) in [5.41, 5.74) is 3.09. The molecule has 2 nitrogen and oxygen atoms in total. The summed E-state index contributed by atoms with van der Waals surface area (Å²) in [5, 5.41) is 4.86. The first-order valence-corrected chi connectivity index (χ1v) is 8.33. The Kier molecular flexibility index (Phi) is 4.18. The molecular formula is C17H22N2S. The highest BCUT2D eigenvalue weighted by Crippen LogP contribution is 2.41. The largest absolute Gasteiger partial charge is 0.309 e. The van der Waals surface area contributed by atoms with E-state index >= 15 is 0 Å². The number of rotatable bonds is 6. The van der Waals surface area contributed by atoms with Gasteiger partial charge in [0.15, 0.2) is 0 Å². The molecule has 3 heteroatoms. The summed E-state index contributed by atoms with van der Waals surface area (Å²) < 4.78 is 0. The van der Waals surface area contributed by atoms with Gasteiger partial charge in [0, 0.05) is 17.1 Å². The third kappa shape index (κ3) is 2.79. The van der Waals surface area contributed by atoms with Crippen LogP contribution in [0.15, 0.2) is 30.5 Å². The first kappa shape index (κ1) is 13.8. The molecule has 2 unspecified atom stereocenters. The van der Waals surface area contributed by atoms with Crippen LogP contribution in [0.3, 0.4) is 0 Å². The molecule has 3 rings (SSSR count). The molecule has 0 radical (unpaired) electrons. The Morgan fingerprint density at radius 1 is 1.40 bits per heavy atom. The summed E-state index contributed by atoms with van der Waals surface area (Å²) in [6, 6.07) is 9.32. The second kappa shape index (κ2) is 6.06. The minimum atomic E-state index is 0.458. The monoisotopic (exact) mass is 286 g/mol. The minimum absolute atomic E-state index is 0.458. The normalized spacial score (nSPS) is 18.4. The Balaban J connectivity index is 1.71. The number of thiazole rings is 1. The number of nitrogens with one attached hydrogen (secondary N) is 1. The second-order valence-corrected chi connectivity index (χ2v) is 6.89. The van der Waals surface area contributed by atoms with Gasteiger partial charge < -0.3 is 5.32 Å². The molecule has 1 N–H and O–H groups in total. The van der Waals surface area contributed by atoms with Crippen LogP contribution in [0.25, 0.3) is 0 Å². The molecular weight excluding hydrogens is 264 g/mol.